The number of benzene rings is 2. The minimum Gasteiger partial charge on any atom is -0.447 e. The van der Waals surface area contributed by atoms with E-state index in [1.54, 1.807) is 61.5 Å². The second-order valence-electron chi connectivity index (χ2n) is 6.79. The van der Waals surface area contributed by atoms with Gasteiger partial charge in [-0.05, 0) is 42.8 Å². The molecular weight excluding hydrogens is 438 g/mol. The van der Waals surface area contributed by atoms with Gasteiger partial charge < -0.3 is 15.4 Å². The highest BCUT2D eigenvalue weighted by molar-refractivity contribution is 7.18. The lowest BCUT2D eigenvalue weighted by Gasteiger charge is -2.17. The minimum atomic E-state index is -0.446. The van der Waals surface area contributed by atoms with E-state index in [0.29, 0.717) is 45.0 Å². The first-order chi connectivity index (χ1) is 14.9. The van der Waals surface area contributed by atoms with Crippen LogP contribution in [0.25, 0.3) is 0 Å². The van der Waals surface area contributed by atoms with Gasteiger partial charge in [0.1, 0.15) is 6.61 Å². The molecule has 0 saturated carbocycles. The molecule has 0 aliphatic carbocycles. The van der Waals surface area contributed by atoms with Gasteiger partial charge in [-0.3, -0.25) is 14.5 Å². The average Bonchev–Trinajstić information content (AvgIpc) is 3.33. The number of hydrogen-bond acceptors (Lipinski definition) is 5. The van der Waals surface area contributed by atoms with E-state index >= 15 is 0 Å². The number of anilines is 3. The molecule has 1 saturated heterocycles. The molecule has 0 radical (unpaired) electrons. The highest BCUT2D eigenvalue weighted by Crippen LogP contribution is 2.31. The molecular formula is C22H18ClN3O4S. The lowest BCUT2D eigenvalue weighted by molar-refractivity contribution is 0.102. The molecule has 9 heteroatoms. The largest absolute Gasteiger partial charge is 0.447 e. The van der Waals surface area contributed by atoms with Gasteiger partial charge in [-0.2, -0.15) is 0 Å². The molecule has 1 fully saturated rings. The van der Waals surface area contributed by atoms with Crippen molar-refractivity contribution >= 4 is 57.2 Å². The van der Waals surface area contributed by atoms with E-state index in [1.165, 1.54) is 4.90 Å². The van der Waals surface area contributed by atoms with Gasteiger partial charge >= 0.3 is 6.09 Å². The molecule has 7 nitrogen and oxygen atoms in total. The van der Waals surface area contributed by atoms with Crippen molar-refractivity contribution in [3.05, 3.63) is 75.6 Å². The fraction of sp³-hybridized carbons (Fsp3) is 0.136. The van der Waals surface area contributed by atoms with Crippen molar-refractivity contribution in [2.24, 2.45) is 0 Å². The van der Waals surface area contributed by atoms with Crippen LogP contribution in [0.3, 0.4) is 0 Å². The molecule has 1 aliphatic rings. The molecule has 2 N–H and O–H groups in total. The Morgan fingerprint density at radius 1 is 1.06 bits per heavy atom. The van der Waals surface area contributed by atoms with Crippen LogP contribution >= 0.6 is 22.9 Å². The van der Waals surface area contributed by atoms with Crippen LogP contribution in [0.4, 0.5) is 21.2 Å². The predicted molar refractivity (Wildman–Crippen MR) is 122 cm³/mol. The van der Waals surface area contributed by atoms with Gasteiger partial charge in [0.05, 0.1) is 38.4 Å². The molecule has 0 spiro atoms. The Bertz CT molecular complexity index is 1180. The van der Waals surface area contributed by atoms with Crippen molar-refractivity contribution in [3.63, 3.8) is 0 Å². The standard InChI is InChI=1S/C22H18ClN3O4S/c1-13-12-18(25-20(27)14-6-2-3-7-15(14)23)31-19(13)21(28)24-16-8-4-5-9-17(16)26-10-11-30-22(26)29/h2-9,12H,10-11H2,1H3,(H,24,28)(H,25,27). The maximum atomic E-state index is 12.9. The summed E-state index contributed by atoms with van der Waals surface area (Å²) in [5.41, 5.74) is 2.14. The molecule has 158 valence electrons. The molecule has 1 aromatic heterocycles. The first kappa shape index (κ1) is 20.9. The number of halogens is 1. The van der Waals surface area contributed by atoms with Crippen molar-refractivity contribution in [1.29, 1.82) is 0 Å². The van der Waals surface area contributed by atoms with Gasteiger partial charge in [0, 0.05) is 0 Å². The smallest absolute Gasteiger partial charge is 0.414 e. The number of amides is 3. The molecule has 0 unspecified atom stereocenters. The van der Waals surface area contributed by atoms with Crippen LogP contribution < -0.4 is 15.5 Å². The number of rotatable bonds is 5. The summed E-state index contributed by atoms with van der Waals surface area (Å²) < 4.78 is 5.00. The summed E-state index contributed by atoms with van der Waals surface area (Å²) in [6.07, 6.45) is -0.446. The van der Waals surface area contributed by atoms with Gasteiger partial charge in [-0.15, -0.1) is 11.3 Å². The third-order valence-corrected chi connectivity index (χ3v) is 6.16. The van der Waals surface area contributed by atoms with Crippen LogP contribution in [0.5, 0.6) is 0 Å². The number of nitrogens with one attached hydrogen (secondary N) is 2. The van der Waals surface area contributed by atoms with Crippen LogP contribution in [0.1, 0.15) is 25.6 Å². The Morgan fingerprint density at radius 3 is 2.55 bits per heavy atom. The minimum absolute atomic E-state index is 0.305. The van der Waals surface area contributed by atoms with Crippen LogP contribution in [-0.2, 0) is 4.74 Å². The van der Waals surface area contributed by atoms with E-state index < -0.39 is 6.09 Å². The van der Waals surface area contributed by atoms with Crippen molar-refractivity contribution in [3.8, 4) is 0 Å². The fourth-order valence-electron chi connectivity index (χ4n) is 3.20. The lowest BCUT2D eigenvalue weighted by atomic mass is 10.2. The van der Waals surface area contributed by atoms with Crippen molar-refractivity contribution in [2.75, 3.05) is 28.7 Å². The quantitative estimate of drug-likeness (QED) is 0.555. The van der Waals surface area contributed by atoms with Crippen molar-refractivity contribution < 1.29 is 19.1 Å². The maximum Gasteiger partial charge on any atom is 0.414 e. The average molecular weight is 456 g/mol. The number of hydrogen-bond donors (Lipinski definition) is 2. The highest BCUT2D eigenvalue weighted by Gasteiger charge is 2.26. The Kier molecular flexibility index (Phi) is 5.92. The third kappa shape index (κ3) is 4.40. The van der Waals surface area contributed by atoms with E-state index in [4.69, 9.17) is 16.3 Å². The van der Waals surface area contributed by atoms with Gasteiger partial charge in [0.25, 0.3) is 11.8 Å². The Morgan fingerprint density at radius 2 is 1.81 bits per heavy atom. The number of thiophene rings is 1. The number of para-hydroxylation sites is 2. The van der Waals surface area contributed by atoms with Gasteiger partial charge in [0.2, 0.25) is 0 Å². The predicted octanol–water partition coefficient (Wildman–Crippen LogP) is 5.17. The molecule has 3 aromatic rings. The second-order valence-corrected chi connectivity index (χ2v) is 8.25. The summed E-state index contributed by atoms with van der Waals surface area (Å²) in [5.74, 6) is -0.683. The first-order valence-corrected chi connectivity index (χ1v) is 10.6. The number of cyclic esters (lactones) is 1. The lowest BCUT2D eigenvalue weighted by Crippen LogP contribution is -2.25. The molecule has 1 aliphatic heterocycles. The van der Waals surface area contributed by atoms with Gasteiger partial charge in [-0.25, -0.2) is 4.79 Å². The topological polar surface area (TPSA) is 87.7 Å². The van der Waals surface area contributed by atoms with Crippen molar-refractivity contribution in [2.45, 2.75) is 6.92 Å². The molecule has 3 amide bonds. The SMILES string of the molecule is Cc1cc(NC(=O)c2ccccc2Cl)sc1C(=O)Nc1ccccc1N1CCOC1=O. The van der Waals surface area contributed by atoms with Crippen molar-refractivity contribution in [1.82, 2.24) is 0 Å². The molecule has 31 heavy (non-hydrogen) atoms. The number of aryl methyl sites for hydroxylation is 1. The van der Waals surface area contributed by atoms with Crippen LogP contribution in [0, 0.1) is 6.92 Å². The molecule has 0 atom stereocenters. The Labute approximate surface area is 187 Å². The summed E-state index contributed by atoms with van der Waals surface area (Å²) >= 11 is 7.25. The molecule has 2 heterocycles. The van der Waals surface area contributed by atoms with E-state index in [-0.39, 0.29) is 11.8 Å². The fourth-order valence-corrected chi connectivity index (χ4v) is 4.38. The van der Waals surface area contributed by atoms with Gasteiger partial charge in [-0.1, -0.05) is 35.9 Å². The molecule has 4 rings (SSSR count). The summed E-state index contributed by atoms with van der Waals surface area (Å²) in [6.45, 7) is 2.52. The van der Waals surface area contributed by atoms with Crippen LogP contribution in [0.15, 0.2) is 54.6 Å². The van der Waals surface area contributed by atoms with E-state index in [1.807, 2.05) is 0 Å². The number of carbonyl (C=O) groups excluding carboxylic acids is 3. The monoisotopic (exact) mass is 455 g/mol. The first-order valence-electron chi connectivity index (χ1n) is 9.45. The van der Waals surface area contributed by atoms with E-state index in [2.05, 4.69) is 10.6 Å². The number of nitrogens with zero attached hydrogens (tertiary/aromatic N) is 1. The normalized spacial score (nSPS) is 13.1. The summed E-state index contributed by atoms with van der Waals surface area (Å²) in [5, 5.41) is 6.53. The highest BCUT2D eigenvalue weighted by atomic mass is 35.5. The zero-order chi connectivity index (χ0) is 22.0. The third-order valence-electron chi connectivity index (χ3n) is 4.68. The molecule has 0 bridgehead atoms. The number of ether oxygens (including phenoxy) is 1. The summed E-state index contributed by atoms with van der Waals surface area (Å²) in [7, 11) is 0. The Balaban J connectivity index is 1.52. The summed E-state index contributed by atoms with van der Waals surface area (Å²) in [4.78, 5) is 39.3. The number of carbonyl (C=O) groups is 3. The zero-order valence-corrected chi connectivity index (χ0v) is 18.0. The molecule has 2 aromatic carbocycles. The Hall–Kier alpha value is -3.36. The van der Waals surface area contributed by atoms with Crippen LogP contribution in [0.2, 0.25) is 5.02 Å². The van der Waals surface area contributed by atoms with E-state index in [9.17, 15) is 14.4 Å². The van der Waals surface area contributed by atoms with Crippen LogP contribution in [-0.4, -0.2) is 31.1 Å². The maximum absolute atomic E-state index is 12.9. The second kappa shape index (κ2) is 8.79. The zero-order valence-electron chi connectivity index (χ0n) is 16.5. The van der Waals surface area contributed by atoms with E-state index in [0.717, 1.165) is 16.9 Å². The van der Waals surface area contributed by atoms with Gasteiger partial charge in [0.15, 0.2) is 0 Å². The summed E-state index contributed by atoms with van der Waals surface area (Å²) in [6, 6.07) is 15.5.